The zero-order valence-electron chi connectivity index (χ0n) is 11.9. The average Bonchev–Trinajstić information content (AvgIpc) is 3.06. The van der Waals surface area contributed by atoms with Gasteiger partial charge in [-0.25, -0.2) is 0 Å². The van der Waals surface area contributed by atoms with E-state index in [-0.39, 0.29) is 0 Å². The van der Waals surface area contributed by atoms with Crippen molar-refractivity contribution >= 4 is 0 Å². The third kappa shape index (κ3) is 2.00. The van der Waals surface area contributed by atoms with E-state index in [0.29, 0.717) is 5.54 Å². The Kier molecular flexibility index (Phi) is 3.65. The molecule has 3 nitrogen and oxygen atoms in total. The largest absolute Gasteiger partial charge is 0.329 e. The fourth-order valence-corrected chi connectivity index (χ4v) is 4.76. The van der Waals surface area contributed by atoms with Crippen molar-refractivity contribution in [2.24, 2.45) is 5.73 Å². The van der Waals surface area contributed by atoms with Gasteiger partial charge in [0.2, 0.25) is 0 Å². The van der Waals surface area contributed by atoms with Crippen LogP contribution in [0.1, 0.15) is 51.9 Å². The van der Waals surface area contributed by atoms with Crippen LogP contribution in [0.25, 0.3) is 0 Å². The summed E-state index contributed by atoms with van der Waals surface area (Å²) in [4.78, 5) is 5.52. The Morgan fingerprint density at radius 1 is 1.17 bits per heavy atom. The van der Waals surface area contributed by atoms with Gasteiger partial charge in [0.15, 0.2) is 0 Å². The molecule has 3 aliphatic rings. The monoisotopic (exact) mass is 251 g/mol. The summed E-state index contributed by atoms with van der Waals surface area (Å²) in [7, 11) is 0. The summed E-state index contributed by atoms with van der Waals surface area (Å²) in [6.45, 7) is 7.13. The zero-order valence-corrected chi connectivity index (χ0v) is 11.9. The van der Waals surface area contributed by atoms with Crippen molar-refractivity contribution in [3.63, 3.8) is 0 Å². The quantitative estimate of drug-likeness (QED) is 0.830. The van der Waals surface area contributed by atoms with Gasteiger partial charge in [0, 0.05) is 30.7 Å². The maximum Gasteiger partial charge on any atom is 0.0361 e. The standard InChI is InChI=1S/C15H29N3/c1-2-13-5-4-9-18(13)15(12-16)7-10-17-8-3-6-14(17)11-15/h13-14H,2-12,16H2,1H3. The number of rotatable bonds is 3. The maximum atomic E-state index is 6.26. The molecule has 0 aromatic rings. The van der Waals surface area contributed by atoms with E-state index in [9.17, 15) is 0 Å². The van der Waals surface area contributed by atoms with Crippen molar-refractivity contribution in [1.82, 2.24) is 9.80 Å². The summed E-state index contributed by atoms with van der Waals surface area (Å²) in [6, 6.07) is 1.64. The molecule has 3 atom stereocenters. The second-order valence-corrected chi connectivity index (χ2v) is 6.61. The Balaban J connectivity index is 1.77. The van der Waals surface area contributed by atoms with Crippen LogP contribution in [0.4, 0.5) is 0 Å². The molecule has 0 aromatic heterocycles. The molecule has 3 heteroatoms. The van der Waals surface area contributed by atoms with Gasteiger partial charge in [-0.1, -0.05) is 6.92 Å². The number of hydrogen-bond donors (Lipinski definition) is 1. The van der Waals surface area contributed by atoms with Gasteiger partial charge in [0.05, 0.1) is 0 Å². The van der Waals surface area contributed by atoms with Crippen molar-refractivity contribution in [2.45, 2.75) is 69.5 Å². The van der Waals surface area contributed by atoms with Gasteiger partial charge in [-0.2, -0.15) is 0 Å². The molecule has 3 fully saturated rings. The summed E-state index contributed by atoms with van der Waals surface area (Å²) in [5, 5.41) is 0. The minimum Gasteiger partial charge on any atom is -0.329 e. The lowest BCUT2D eigenvalue weighted by molar-refractivity contribution is 0.00144. The minimum atomic E-state index is 0.336. The van der Waals surface area contributed by atoms with Gasteiger partial charge >= 0.3 is 0 Å². The smallest absolute Gasteiger partial charge is 0.0361 e. The highest BCUT2D eigenvalue weighted by atomic mass is 15.3. The van der Waals surface area contributed by atoms with Crippen LogP contribution in [0.2, 0.25) is 0 Å². The second kappa shape index (κ2) is 5.10. The van der Waals surface area contributed by atoms with Crippen molar-refractivity contribution < 1.29 is 0 Å². The van der Waals surface area contributed by atoms with Crippen LogP contribution < -0.4 is 5.73 Å². The Bertz CT molecular complexity index is 293. The molecule has 0 radical (unpaired) electrons. The van der Waals surface area contributed by atoms with Crippen molar-refractivity contribution in [3.05, 3.63) is 0 Å². The maximum absolute atomic E-state index is 6.26. The molecule has 3 saturated heterocycles. The van der Waals surface area contributed by atoms with Gasteiger partial charge in [-0.3, -0.25) is 4.90 Å². The molecule has 0 bridgehead atoms. The molecular weight excluding hydrogens is 222 g/mol. The normalized spacial score (nSPS) is 42.3. The third-order valence-corrected chi connectivity index (χ3v) is 5.82. The van der Waals surface area contributed by atoms with E-state index in [0.717, 1.165) is 18.6 Å². The van der Waals surface area contributed by atoms with Crippen molar-refractivity contribution in [3.8, 4) is 0 Å². The SMILES string of the molecule is CCC1CCCN1C1(CN)CCN2CCCC2C1. The molecule has 3 rings (SSSR count). The van der Waals surface area contributed by atoms with Crippen LogP contribution in [0, 0.1) is 0 Å². The number of piperidine rings is 1. The Morgan fingerprint density at radius 3 is 2.78 bits per heavy atom. The Labute approximate surface area is 112 Å². The molecule has 0 amide bonds. The van der Waals surface area contributed by atoms with Crippen LogP contribution in [-0.4, -0.2) is 53.6 Å². The number of fused-ring (bicyclic) bond motifs is 1. The van der Waals surface area contributed by atoms with Gasteiger partial charge in [-0.05, 0) is 58.0 Å². The van der Waals surface area contributed by atoms with Crippen LogP contribution in [0.5, 0.6) is 0 Å². The summed E-state index contributed by atoms with van der Waals surface area (Å²) in [5.41, 5.74) is 6.59. The molecule has 0 saturated carbocycles. The summed E-state index contributed by atoms with van der Waals surface area (Å²) >= 11 is 0. The van der Waals surface area contributed by atoms with Crippen molar-refractivity contribution in [2.75, 3.05) is 26.2 Å². The number of hydrogen-bond acceptors (Lipinski definition) is 3. The summed E-state index contributed by atoms with van der Waals surface area (Å²) < 4.78 is 0. The highest BCUT2D eigenvalue weighted by Gasteiger charge is 2.47. The fraction of sp³-hybridized carbons (Fsp3) is 1.00. The molecule has 0 spiro atoms. The predicted octanol–water partition coefficient (Wildman–Crippen LogP) is 1.82. The lowest BCUT2D eigenvalue weighted by atomic mass is 9.81. The number of likely N-dealkylation sites (tertiary alicyclic amines) is 1. The Morgan fingerprint density at radius 2 is 2.00 bits per heavy atom. The summed E-state index contributed by atoms with van der Waals surface area (Å²) in [5.74, 6) is 0. The van der Waals surface area contributed by atoms with E-state index in [1.807, 2.05) is 0 Å². The number of nitrogens with two attached hydrogens (primary N) is 1. The highest BCUT2D eigenvalue weighted by Crippen LogP contribution is 2.40. The molecule has 3 heterocycles. The van der Waals surface area contributed by atoms with E-state index < -0.39 is 0 Å². The van der Waals surface area contributed by atoms with E-state index in [1.54, 1.807) is 0 Å². The van der Waals surface area contributed by atoms with Gasteiger partial charge in [-0.15, -0.1) is 0 Å². The van der Waals surface area contributed by atoms with Crippen LogP contribution >= 0.6 is 0 Å². The van der Waals surface area contributed by atoms with Gasteiger partial charge in [0.25, 0.3) is 0 Å². The molecule has 3 aliphatic heterocycles. The van der Waals surface area contributed by atoms with E-state index >= 15 is 0 Å². The first-order chi connectivity index (χ1) is 8.79. The molecular formula is C15H29N3. The van der Waals surface area contributed by atoms with Gasteiger partial charge in [0.1, 0.15) is 0 Å². The minimum absolute atomic E-state index is 0.336. The molecule has 3 unspecified atom stereocenters. The molecule has 0 aliphatic carbocycles. The lowest BCUT2D eigenvalue weighted by Gasteiger charge is -2.51. The highest BCUT2D eigenvalue weighted by molar-refractivity contribution is 5.04. The molecule has 2 N–H and O–H groups in total. The lowest BCUT2D eigenvalue weighted by Crippen LogP contribution is -2.62. The predicted molar refractivity (Wildman–Crippen MR) is 75.6 cm³/mol. The first-order valence-electron chi connectivity index (χ1n) is 8.00. The molecule has 104 valence electrons. The third-order valence-electron chi connectivity index (χ3n) is 5.82. The van der Waals surface area contributed by atoms with E-state index in [4.69, 9.17) is 5.73 Å². The second-order valence-electron chi connectivity index (χ2n) is 6.61. The Hall–Kier alpha value is -0.120. The van der Waals surface area contributed by atoms with E-state index in [2.05, 4.69) is 16.7 Å². The first-order valence-corrected chi connectivity index (χ1v) is 8.00. The summed E-state index contributed by atoms with van der Waals surface area (Å²) in [6.07, 6.45) is 9.53. The van der Waals surface area contributed by atoms with E-state index in [1.165, 1.54) is 64.6 Å². The first kappa shape index (κ1) is 12.9. The molecule has 0 aromatic carbocycles. The van der Waals surface area contributed by atoms with Gasteiger partial charge < -0.3 is 10.6 Å². The fourth-order valence-electron chi connectivity index (χ4n) is 4.76. The van der Waals surface area contributed by atoms with Crippen LogP contribution in [0.3, 0.4) is 0 Å². The topological polar surface area (TPSA) is 32.5 Å². The average molecular weight is 251 g/mol. The molecule has 18 heavy (non-hydrogen) atoms. The zero-order chi connectivity index (χ0) is 12.6. The number of nitrogens with zero attached hydrogens (tertiary/aromatic N) is 2. The van der Waals surface area contributed by atoms with Crippen LogP contribution in [0.15, 0.2) is 0 Å². The van der Waals surface area contributed by atoms with Crippen LogP contribution in [-0.2, 0) is 0 Å². The van der Waals surface area contributed by atoms with Crippen molar-refractivity contribution in [1.29, 1.82) is 0 Å².